The van der Waals surface area contributed by atoms with E-state index in [2.05, 4.69) is 0 Å². The average Bonchev–Trinajstić information content (AvgIpc) is 2.48. The molecule has 0 radical (unpaired) electrons. The van der Waals surface area contributed by atoms with Gasteiger partial charge in [-0.2, -0.15) is 0 Å². The van der Waals surface area contributed by atoms with Crippen LogP contribution in [0.4, 0.5) is 0 Å². The molecule has 0 unspecified atom stereocenters. The Kier molecular flexibility index (Phi) is 4.61. The fourth-order valence-electron chi connectivity index (χ4n) is 2.36. The van der Waals surface area contributed by atoms with E-state index in [0.717, 1.165) is 0 Å². The number of aromatic hydroxyl groups is 1. The third-order valence-electron chi connectivity index (χ3n) is 3.52. The van der Waals surface area contributed by atoms with Gasteiger partial charge >= 0.3 is 5.97 Å². The van der Waals surface area contributed by atoms with Gasteiger partial charge in [0.1, 0.15) is 5.75 Å². The first-order chi connectivity index (χ1) is 9.61. The Balaban J connectivity index is 1.92. The number of piperidine rings is 1. The maximum Gasteiger partial charge on any atom is 0.309 e. The molecule has 20 heavy (non-hydrogen) atoms. The van der Waals surface area contributed by atoms with Crippen molar-refractivity contribution in [2.45, 2.75) is 19.8 Å². The van der Waals surface area contributed by atoms with Crippen LogP contribution < -0.4 is 0 Å². The number of phenolic OH excluding ortho intramolecular Hbond substituents is 1. The highest BCUT2D eigenvalue weighted by Gasteiger charge is 2.28. The van der Waals surface area contributed by atoms with Gasteiger partial charge in [0, 0.05) is 18.7 Å². The summed E-state index contributed by atoms with van der Waals surface area (Å²) < 4.78 is 5.00. The molecule has 1 saturated heterocycles. The minimum Gasteiger partial charge on any atom is -0.508 e. The lowest BCUT2D eigenvalue weighted by Gasteiger charge is -2.30. The molecule has 0 spiro atoms. The first-order valence-electron chi connectivity index (χ1n) is 6.86. The number of benzene rings is 1. The standard InChI is InChI=1S/C15H19NO4/c1-2-20-15(19)12-7-9-16(10-8-12)14(18)11-3-5-13(17)6-4-11/h3-6,12,17H,2,7-10H2,1H3. The van der Waals surface area contributed by atoms with Crippen molar-refractivity contribution in [3.05, 3.63) is 29.8 Å². The second-order valence-corrected chi connectivity index (χ2v) is 4.87. The number of hydrogen-bond acceptors (Lipinski definition) is 4. The lowest BCUT2D eigenvalue weighted by molar-refractivity contribution is -0.149. The van der Waals surface area contributed by atoms with E-state index in [-0.39, 0.29) is 23.5 Å². The summed E-state index contributed by atoms with van der Waals surface area (Å²) in [6, 6.07) is 6.21. The summed E-state index contributed by atoms with van der Waals surface area (Å²) >= 11 is 0. The molecule has 0 atom stereocenters. The van der Waals surface area contributed by atoms with Gasteiger partial charge in [-0.1, -0.05) is 0 Å². The highest BCUT2D eigenvalue weighted by Crippen LogP contribution is 2.21. The smallest absolute Gasteiger partial charge is 0.309 e. The van der Waals surface area contributed by atoms with Crippen LogP contribution >= 0.6 is 0 Å². The van der Waals surface area contributed by atoms with Crippen LogP contribution in [-0.2, 0) is 9.53 Å². The van der Waals surface area contributed by atoms with Crippen molar-refractivity contribution in [2.75, 3.05) is 19.7 Å². The van der Waals surface area contributed by atoms with Crippen molar-refractivity contribution in [2.24, 2.45) is 5.92 Å². The van der Waals surface area contributed by atoms with E-state index in [0.29, 0.717) is 38.1 Å². The molecule has 1 aromatic carbocycles. The zero-order valence-corrected chi connectivity index (χ0v) is 11.5. The van der Waals surface area contributed by atoms with Crippen molar-refractivity contribution in [1.29, 1.82) is 0 Å². The molecule has 0 aliphatic carbocycles. The highest BCUT2D eigenvalue weighted by molar-refractivity contribution is 5.94. The molecule has 0 bridgehead atoms. The van der Waals surface area contributed by atoms with E-state index in [1.807, 2.05) is 0 Å². The second-order valence-electron chi connectivity index (χ2n) is 4.87. The number of phenols is 1. The summed E-state index contributed by atoms with van der Waals surface area (Å²) in [4.78, 5) is 25.6. The van der Waals surface area contributed by atoms with Crippen LogP contribution in [0.25, 0.3) is 0 Å². The molecule has 0 aromatic heterocycles. The number of rotatable bonds is 3. The molecule has 1 N–H and O–H groups in total. The van der Waals surface area contributed by atoms with Gasteiger partial charge in [-0.15, -0.1) is 0 Å². The van der Waals surface area contributed by atoms with Gasteiger partial charge in [-0.05, 0) is 44.0 Å². The van der Waals surface area contributed by atoms with E-state index < -0.39 is 0 Å². The van der Waals surface area contributed by atoms with Gasteiger partial charge in [0.2, 0.25) is 0 Å². The molecule has 1 heterocycles. The van der Waals surface area contributed by atoms with Crippen LogP contribution in [0.1, 0.15) is 30.1 Å². The number of nitrogens with zero attached hydrogens (tertiary/aromatic N) is 1. The molecule has 2 rings (SSSR count). The molecule has 1 aliphatic heterocycles. The lowest BCUT2D eigenvalue weighted by Crippen LogP contribution is -2.40. The predicted molar refractivity (Wildman–Crippen MR) is 73.4 cm³/mol. The van der Waals surface area contributed by atoms with Gasteiger partial charge in [-0.3, -0.25) is 9.59 Å². The zero-order valence-electron chi connectivity index (χ0n) is 11.5. The lowest BCUT2D eigenvalue weighted by atomic mass is 9.96. The molecule has 5 nitrogen and oxygen atoms in total. The number of hydrogen-bond donors (Lipinski definition) is 1. The molecule has 108 valence electrons. The summed E-state index contributed by atoms with van der Waals surface area (Å²) in [5.41, 5.74) is 0.553. The molecule has 1 fully saturated rings. The van der Waals surface area contributed by atoms with Crippen molar-refractivity contribution < 1.29 is 19.4 Å². The largest absolute Gasteiger partial charge is 0.508 e. The zero-order chi connectivity index (χ0) is 14.5. The minimum atomic E-state index is -0.163. The number of carbonyl (C=O) groups excluding carboxylic acids is 2. The maximum atomic E-state index is 12.2. The SMILES string of the molecule is CCOC(=O)C1CCN(C(=O)c2ccc(O)cc2)CC1. The summed E-state index contributed by atoms with van der Waals surface area (Å²) in [7, 11) is 0. The fraction of sp³-hybridized carbons (Fsp3) is 0.467. The van der Waals surface area contributed by atoms with Gasteiger partial charge in [0.15, 0.2) is 0 Å². The molecule has 0 saturated carbocycles. The third kappa shape index (κ3) is 3.29. The van der Waals surface area contributed by atoms with E-state index in [4.69, 9.17) is 4.74 Å². The Morgan fingerprint density at radius 1 is 1.25 bits per heavy atom. The number of likely N-dealkylation sites (tertiary alicyclic amines) is 1. The van der Waals surface area contributed by atoms with E-state index in [1.165, 1.54) is 12.1 Å². The Labute approximate surface area is 118 Å². The maximum absolute atomic E-state index is 12.2. The molecule has 5 heteroatoms. The van der Waals surface area contributed by atoms with Gasteiger partial charge in [0.25, 0.3) is 5.91 Å². The van der Waals surface area contributed by atoms with E-state index >= 15 is 0 Å². The van der Waals surface area contributed by atoms with E-state index in [1.54, 1.807) is 24.0 Å². The second kappa shape index (κ2) is 6.41. The monoisotopic (exact) mass is 277 g/mol. The van der Waals surface area contributed by atoms with Crippen LogP contribution in [0.3, 0.4) is 0 Å². The Morgan fingerprint density at radius 3 is 2.40 bits per heavy atom. The van der Waals surface area contributed by atoms with Crippen LogP contribution in [0, 0.1) is 5.92 Å². The van der Waals surface area contributed by atoms with Crippen LogP contribution in [0.2, 0.25) is 0 Å². The third-order valence-corrected chi connectivity index (χ3v) is 3.52. The first-order valence-corrected chi connectivity index (χ1v) is 6.86. The normalized spacial score (nSPS) is 15.9. The number of amides is 1. The molecular formula is C15H19NO4. The van der Waals surface area contributed by atoms with Crippen LogP contribution in [0.5, 0.6) is 5.75 Å². The van der Waals surface area contributed by atoms with Crippen molar-refractivity contribution in [1.82, 2.24) is 4.90 Å². The predicted octanol–water partition coefficient (Wildman–Crippen LogP) is 1.81. The minimum absolute atomic E-state index is 0.0627. The van der Waals surface area contributed by atoms with Gasteiger partial charge in [0.05, 0.1) is 12.5 Å². The van der Waals surface area contributed by atoms with E-state index in [9.17, 15) is 14.7 Å². The fourth-order valence-corrected chi connectivity index (χ4v) is 2.36. The molecule has 1 aromatic rings. The Bertz CT molecular complexity index is 475. The Hall–Kier alpha value is -2.04. The topological polar surface area (TPSA) is 66.8 Å². The quantitative estimate of drug-likeness (QED) is 0.856. The van der Waals surface area contributed by atoms with Crippen molar-refractivity contribution in [3.8, 4) is 5.75 Å². The van der Waals surface area contributed by atoms with Crippen LogP contribution in [0.15, 0.2) is 24.3 Å². The number of ether oxygens (including phenoxy) is 1. The Morgan fingerprint density at radius 2 is 1.85 bits per heavy atom. The van der Waals surface area contributed by atoms with Crippen molar-refractivity contribution >= 4 is 11.9 Å². The summed E-state index contributed by atoms with van der Waals surface area (Å²) in [5.74, 6) is -0.182. The van der Waals surface area contributed by atoms with Crippen LogP contribution in [-0.4, -0.2) is 41.6 Å². The summed E-state index contributed by atoms with van der Waals surface area (Å²) in [5, 5.41) is 9.22. The summed E-state index contributed by atoms with van der Waals surface area (Å²) in [6.07, 6.45) is 1.28. The highest BCUT2D eigenvalue weighted by atomic mass is 16.5. The average molecular weight is 277 g/mol. The summed E-state index contributed by atoms with van der Waals surface area (Å²) in [6.45, 7) is 3.30. The molecule has 1 amide bonds. The van der Waals surface area contributed by atoms with Gasteiger partial charge in [-0.25, -0.2) is 0 Å². The first kappa shape index (κ1) is 14.4. The van der Waals surface area contributed by atoms with Gasteiger partial charge < -0.3 is 14.7 Å². The molecule has 1 aliphatic rings. The number of esters is 1. The van der Waals surface area contributed by atoms with Crippen molar-refractivity contribution in [3.63, 3.8) is 0 Å². The molecular weight excluding hydrogens is 258 g/mol. The number of carbonyl (C=O) groups is 2.